The van der Waals surface area contributed by atoms with Crippen molar-refractivity contribution in [1.29, 1.82) is 0 Å². The first-order valence-electron chi connectivity index (χ1n) is 25.2. The van der Waals surface area contributed by atoms with Crippen molar-refractivity contribution in [3.63, 3.8) is 0 Å². The summed E-state index contributed by atoms with van der Waals surface area (Å²) in [6.07, 6.45) is 64.2. The molecule has 0 aromatic carbocycles. The van der Waals surface area contributed by atoms with E-state index in [1.807, 2.05) is 6.08 Å². The summed E-state index contributed by atoms with van der Waals surface area (Å²) >= 11 is 0. The van der Waals surface area contributed by atoms with E-state index in [0.717, 1.165) is 32.1 Å². The van der Waals surface area contributed by atoms with Crippen LogP contribution in [-0.2, 0) is 4.79 Å². The van der Waals surface area contributed by atoms with Gasteiger partial charge in [0, 0.05) is 6.42 Å². The summed E-state index contributed by atoms with van der Waals surface area (Å²) in [4.78, 5) is 12.4. The van der Waals surface area contributed by atoms with Crippen LogP contribution < -0.4 is 5.32 Å². The minimum atomic E-state index is -0.838. The molecule has 0 saturated carbocycles. The van der Waals surface area contributed by atoms with Gasteiger partial charge in [-0.1, -0.05) is 249 Å². The number of aliphatic hydroxyl groups excluding tert-OH is 2. The fraction of sp³-hybridized carbons (Fsp3) is 0.865. The van der Waals surface area contributed by atoms with Crippen molar-refractivity contribution in [3.8, 4) is 0 Å². The number of unbranched alkanes of at least 4 members (excludes halogenated alkanes) is 35. The zero-order chi connectivity index (χ0) is 40.7. The molecule has 0 fully saturated rings. The van der Waals surface area contributed by atoms with Crippen LogP contribution in [0.3, 0.4) is 0 Å². The monoisotopic (exact) mass is 786 g/mol. The highest BCUT2D eigenvalue weighted by molar-refractivity contribution is 5.76. The summed E-state index contributed by atoms with van der Waals surface area (Å²) in [6.45, 7) is 4.32. The predicted octanol–water partition coefficient (Wildman–Crippen LogP) is 16.1. The molecule has 0 spiro atoms. The molecule has 0 aromatic heterocycles. The van der Waals surface area contributed by atoms with Gasteiger partial charge in [-0.2, -0.15) is 0 Å². The van der Waals surface area contributed by atoms with Gasteiger partial charge in [-0.15, -0.1) is 0 Å². The van der Waals surface area contributed by atoms with Gasteiger partial charge in [0.1, 0.15) is 0 Å². The molecule has 4 heteroatoms. The van der Waals surface area contributed by atoms with Crippen molar-refractivity contribution in [3.05, 3.63) is 36.5 Å². The standard InChI is InChI=1S/C52H99NO3/c1-3-5-7-9-11-13-15-17-19-21-22-23-24-25-26-27-28-29-30-32-34-36-38-40-42-44-46-48-52(56)53-50(49-54)51(55)47-45-43-41-39-37-35-33-31-20-18-16-14-12-10-8-6-4-2/h15,17,21-22,45,47,50-51,54-55H,3-14,16,18-20,23-44,46,48-49H2,1-2H3,(H,53,56)/b17-15-,22-21-,47-45+. The molecular formula is C52H99NO3. The average Bonchev–Trinajstić information content (AvgIpc) is 3.20. The van der Waals surface area contributed by atoms with Gasteiger partial charge in [-0.25, -0.2) is 0 Å². The summed E-state index contributed by atoms with van der Waals surface area (Å²) < 4.78 is 0. The summed E-state index contributed by atoms with van der Waals surface area (Å²) in [6, 6.07) is -0.621. The quantitative estimate of drug-likeness (QED) is 0.0425. The molecule has 0 saturated heterocycles. The van der Waals surface area contributed by atoms with E-state index < -0.39 is 12.1 Å². The molecule has 0 aliphatic carbocycles. The molecule has 0 heterocycles. The lowest BCUT2D eigenvalue weighted by atomic mass is 10.0. The van der Waals surface area contributed by atoms with E-state index in [9.17, 15) is 15.0 Å². The Labute approximate surface area is 351 Å². The highest BCUT2D eigenvalue weighted by atomic mass is 16.3. The van der Waals surface area contributed by atoms with Gasteiger partial charge in [0.25, 0.3) is 0 Å². The number of hydrogen-bond donors (Lipinski definition) is 3. The molecule has 0 aliphatic rings. The lowest BCUT2D eigenvalue weighted by molar-refractivity contribution is -0.123. The van der Waals surface area contributed by atoms with Gasteiger partial charge in [-0.3, -0.25) is 4.79 Å². The van der Waals surface area contributed by atoms with Gasteiger partial charge >= 0.3 is 0 Å². The number of allylic oxidation sites excluding steroid dienone is 5. The van der Waals surface area contributed by atoms with Crippen molar-refractivity contribution >= 4 is 5.91 Å². The van der Waals surface area contributed by atoms with Gasteiger partial charge in [-0.05, 0) is 51.4 Å². The van der Waals surface area contributed by atoms with Crippen molar-refractivity contribution in [2.75, 3.05) is 6.61 Å². The van der Waals surface area contributed by atoms with Crippen LogP contribution in [0.4, 0.5) is 0 Å². The fourth-order valence-corrected chi connectivity index (χ4v) is 7.74. The Morgan fingerprint density at radius 3 is 1.07 bits per heavy atom. The zero-order valence-corrected chi connectivity index (χ0v) is 37.9. The Morgan fingerprint density at radius 1 is 0.429 bits per heavy atom. The number of rotatable bonds is 46. The second kappa shape index (κ2) is 48.0. The topological polar surface area (TPSA) is 69.6 Å². The Kier molecular flexibility index (Phi) is 46.8. The maximum absolute atomic E-state index is 12.4. The number of carbonyl (C=O) groups excluding carboxylic acids is 1. The lowest BCUT2D eigenvalue weighted by Gasteiger charge is -2.20. The number of hydrogen-bond acceptors (Lipinski definition) is 3. The molecule has 2 atom stereocenters. The molecule has 0 aromatic rings. The van der Waals surface area contributed by atoms with Crippen LogP contribution in [0.1, 0.15) is 271 Å². The third-order valence-corrected chi connectivity index (χ3v) is 11.6. The Balaban J connectivity index is 3.50. The molecule has 0 aliphatic heterocycles. The van der Waals surface area contributed by atoms with E-state index in [1.165, 1.54) is 218 Å². The van der Waals surface area contributed by atoms with E-state index >= 15 is 0 Å². The first-order valence-corrected chi connectivity index (χ1v) is 25.2. The van der Waals surface area contributed by atoms with Crippen LogP contribution in [0.5, 0.6) is 0 Å². The minimum Gasteiger partial charge on any atom is -0.394 e. The second-order valence-electron chi connectivity index (χ2n) is 17.2. The first kappa shape index (κ1) is 54.6. The van der Waals surface area contributed by atoms with Crippen LogP contribution >= 0.6 is 0 Å². The second-order valence-corrected chi connectivity index (χ2v) is 17.2. The van der Waals surface area contributed by atoms with E-state index in [1.54, 1.807) is 6.08 Å². The summed E-state index contributed by atoms with van der Waals surface area (Å²) in [7, 11) is 0. The highest BCUT2D eigenvalue weighted by Gasteiger charge is 2.18. The van der Waals surface area contributed by atoms with Gasteiger partial charge < -0.3 is 15.5 Å². The number of aliphatic hydroxyl groups is 2. The first-order chi connectivity index (χ1) is 27.7. The van der Waals surface area contributed by atoms with Crippen LogP contribution in [0.25, 0.3) is 0 Å². The van der Waals surface area contributed by atoms with Gasteiger partial charge in [0.05, 0.1) is 18.8 Å². The molecule has 2 unspecified atom stereocenters. The normalized spacial score (nSPS) is 13.1. The molecule has 0 rings (SSSR count). The lowest BCUT2D eigenvalue weighted by Crippen LogP contribution is -2.45. The SMILES string of the molecule is CCCCCCC/C=C\C/C=C\CCCCCCCCCCCCCCCCCC(=O)NC(CO)C(O)/C=C/CCCCCCCCCCCCCCCCC. The maximum Gasteiger partial charge on any atom is 0.220 e. The van der Waals surface area contributed by atoms with Crippen molar-refractivity contribution in [2.45, 2.75) is 283 Å². The molecule has 56 heavy (non-hydrogen) atoms. The average molecular weight is 786 g/mol. The van der Waals surface area contributed by atoms with Crippen LogP contribution in [0.2, 0.25) is 0 Å². The summed E-state index contributed by atoms with van der Waals surface area (Å²) in [5.74, 6) is -0.0616. The van der Waals surface area contributed by atoms with Crippen molar-refractivity contribution < 1.29 is 15.0 Å². The highest BCUT2D eigenvalue weighted by Crippen LogP contribution is 2.16. The van der Waals surface area contributed by atoms with E-state index in [2.05, 4.69) is 43.5 Å². The minimum absolute atomic E-state index is 0.0616. The van der Waals surface area contributed by atoms with E-state index in [-0.39, 0.29) is 12.5 Å². The predicted molar refractivity (Wildman–Crippen MR) is 248 cm³/mol. The Hall–Kier alpha value is -1.39. The van der Waals surface area contributed by atoms with Crippen LogP contribution in [0, 0.1) is 0 Å². The molecule has 3 N–H and O–H groups in total. The third-order valence-electron chi connectivity index (χ3n) is 11.6. The van der Waals surface area contributed by atoms with Gasteiger partial charge in [0.15, 0.2) is 0 Å². The fourth-order valence-electron chi connectivity index (χ4n) is 7.74. The van der Waals surface area contributed by atoms with Gasteiger partial charge in [0.2, 0.25) is 5.91 Å². The summed E-state index contributed by atoms with van der Waals surface area (Å²) in [5.41, 5.74) is 0. The van der Waals surface area contributed by atoms with Crippen molar-refractivity contribution in [1.82, 2.24) is 5.32 Å². The third kappa shape index (κ3) is 43.7. The van der Waals surface area contributed by atoms with Crippen molar-refractivity contribution in [2.24, 2.45) is 0 Å². The molecular weight excluding hydrogens is 687 g/mol. The molecule has 0 bridgehead atoms. The number of amides is 1. The maximum atomic E-state index is 12.4. The summed E-state index contributed by atoms with van der Waals surface area (Å²) in [5, 5.41) is 23.1. The van der Waals surface area contributed by atoms with Crippen LogP contribution in [-0.4, -0.2) is 34.9 Å². The molecule has 0 radical (unpaired) electrons. The smallest absolute Gasteiger partial charge is 0.220 e. The molecule has 1 amide bonds. The molecule has 4 nitrogen and oxygen atoms in total. The number of carbonyl (C=O) groups is 1. The van der Waals surface area contributed by atoms with E-state index in [4.69, 9.17) is 0 Å². The molecule has 330 valence electrons. The number of nitrogens with one attached hydrogen (secondary N) is 1. The largest absolute Gasteiger partial charge is 0.394 e. The van der Waals surface area contributed by atoms with E-state index in [0.29, 0.717) is 6.42 Å². The Morgan fingerprint density at radius 2 is 0.732 bits per heavy atom. The Bertz CT molecular complexity index is 851. The van der Waals surface area contributed by atoms with Crippen LogP contribution in [0.15, 0.2) is 36.5 Å². The zero-order valence-electron chi connectivity index (χ0n) is 37.9.